The molecule has 0 spiro atoms. The molecule has 1 fully saturated rings. The lowest BCUT2D eigenvalue weighted by Gasteiger charge is -2.25. The van der Waals surface area contributed by atoms with Gasteiger partial charge < -0.3 is 10.1 Å². The Morgan fingerprint density at radius 1 is 1.13 bits per heavy atom. The zero-order valence-electron chi connectivity index (χ0n) is 13.6. The van der Waals surface area contributed by atoms with Crippen molar-refractivity contribution in [3.05, 3.63) is 53.3 Å². The summed E-state index contributed by atoms with van der Waals surface area (Å²) in [4.78, 5) is 2.26. The van der Waals surface area contributed by atoms with Gasteiger partial charge in [0.05, 0.1) is 7.11 Å². The van der Waals surface area contributed by atoms with Crippen LogP contribution in [0.5, 0.6) is 5.75 Å². The second-order valence-electron chi connectivity index (χ2n) is 5.96. The molecule has 4 heteroatoms. The van der Waals surface area contributed by atoms with E-state index in [4.69, 9.17) is 4.74 Å². The normalized spacial score (nSPS) is 15.6. The summed E-state index contributed by atoms with van der Waals surface area (Å²) >= 11 is 1.69. The maximum atomic E-state index is 13.6. The molecule has 23 heavy (non-hydrogen) atoms. The van der Waals surface area contributed by atoms with Crippen molar-refractivity contribution in [1.29, 1.82) is 0 Å². The van der Waals surface area contributed by atoms with Crippen molar-refractivity contribution in [2.45, 2.75) is 35.5 Å². The molecular weight excluding hydrogens is 309 g/mol. The SMILES string of the molecule is COc1cc(Sc2ccc(C)cc2C2CCNCC2)ccc1F. The Hall–Kier alpha value is -1.52. The number of ether oxygens (including phenoxy) is 1. The topological polar surface area (TPSA) is 21.3 Å². The summed E-state index contributed by atoms with van der Waals surface area (Å²) in [6.45, 7) is 4.29. The van der Waals surface area contributed by atoms with E-state index in [1.54, 1.807) is 17.8 Å². The third-order valence-electron chi connectivity index (χ3n) is 4.29. The number of piperidine rings is 1. The van der Waals surface area contributed by atoms with Crippen molar-refractivity contribution >= 4 is 11.8 Å². The first-order chi connectivity index (χ1) is 11.2. The molecule has 0 saturated carbocycles. The van der Waals surface area contributed by atoms with Crippen molar-refractivity contribution in [3.63, 3.8) is 0 Å². The summed E-state index contributed by atoms with van der Waals surface area (Å²) in [5.41, 5.74) is 2.71. The zero-order valence-corrected chi connectivity index (χ0v) is 14.4. The highest BCUT2D eigenvalue weighted by molar-refractivity contribution is 7.99. The molecular formula is C19H22FNOS. The predicted octanol–water partition coefficient (Wildman–Crippen LogP) is 4.76. The van der Waals surface area contributed by atoms with Gasteiger partial charge in [-0.25, -0.2) is 4.39 Å². The molecule has 0 aliphatic carbocycles. The van der Waals surface area contributed by atoms with Gasteiger partial charge in [-0.2, -0.15) is 0 Å². The number of methoxy groups -OCH3 is 1. The van der Waals surface area contributed by atoms with Gasteiger partial charge in [-0.15, -0.1) is 0 Å². The molecule has 3 rings (SSSR count). The van der Waals surface area contributed by atoms with Crippen molar-refractivity contribution in [1.82, 2.24) is 5.32 Å². The van der Waals surface area contributed by atoms with E-state index in [1.165, 1.54) is 42.0 Å². The van der Waals surface area contributed by atoms with E-state index in [2.05, 4.69) is 30.4 Å². The second kappa shape index (κ2) is 7.37. The van der Waals surface area contributed by atoms with Crippen LogP contribution in [-0.4, -0.2) is 20.2 Å². The Balaban J connectivity index is 1.90. The van der Waals surface area contributed by atoms with Crippen LogP contribution in [0.1, 0.15) is 29.9 Å². The Morgan fingerprint density at radius 2 is 1.91 bits per heavy atom. The molecule has 0 radical (unpaired) electrons. The van der Waals surface area contributed by atoms with Crippen LogP contribution >= 0.6 is 11.8 Å². The highest BCUT2D eigenvalue weighted by Gasteiger charge is 2.19. The third kappa shape index (κ3) is 3.88. The van der Waals surface area contributed by atoms with Gasteiger partial charge in [0.25, 0.3) is 0 Å². The average molecular weight is 331 g/mol. The molecule has 0 unspecified atom stereocenters. The summed E-state index contributed by atoms with van der Waals surface area (Å²) < 4.78 is 18.7. The summed E-state index contributed by atoms with van der Waals surface area (Å²) in [6.07, 6.45) is 2.34. The van der Waals surface area contributed by atoms with E-state index in [1.807, 2.05) is 6.07 Å². The fourth-order valence-corrected chi connectivity index (χ4v) is 4.08. The quantitative estimate of drug-likeness (QED) is 0.873. The van der Waals surface area contributed by atoms with E-state index >= 15 is 0 Å². The number of aryl methyl sites for hydroxylation is 1. The predicted molar refractivity (Wildman–Crippen MR) is 93.1 cm³/mol. The van der Waals surface area contributed by atoms with Gasteiger partial charge >= 0.3 is 0 Å². The summed E-state index contributed by atoms with van der Waals surface area (Å²) in [5.74, 6) is 0.575. The number of nitrogens with one attached hydrogen (secondary N) is 1. The molecule has 1 aliphatic rings. The molecule has 1 N–H and O–H groups in total. The highest BCUT2D eigenvalue weighted by Crippen LogP contribution is 2.38. The van der Waals surface area contributed by atoms with Gasteiger partial charge in [0.1, 0.15) is 0 Å². The number of rotatable bonds is 4. The number of hydrogen-bond acceptors (Lipinski definition) is 3. The minimum absolute atomic E-state index is 0.297. The lowest BCUT2D eigenvalue weighted by Crippen LogP contribution is -2.26. The van der Waals surface area contributed by atoms with Gasteiger partial charge in [0, 0.05) is 9.79 Å². The second-order valence-corrected chi connectivity index (χ2v) is 7.08. The molecule has 2 nitrogen and oxygen atoms in total. The van der Waals surface area contributed by atoms with Crippen molar-refractivity contribution < 1.29 is 9.13 Å². The average Bonchev–Trinajstić information content (AvgIpc) is 2.59. The van der Waals surface area contributed by atoms with Crippen LogP contribution in [0.25, 0.3) is 0 Å². The van der Waals surface area contributed by atoms with Crippen LogP contribution in [0.3, 0.4) is 0 Å². The number of hydrogen-bond donors (Lipinski definition) is 1. The first kappa shape index (κ1) is 16.3. The van der Waals surface area contributed by atoms with Crippen LogP contribution in [0, 0.1) is 12.7 Å². The maximum Gasteiger partial charge on any atom is 0.165 e. The van der Waals surface area contributed by atoms with Crippen LogP contribution in [0.2, 0.25) is 0 Å². The van der Waals surface area contributed by atoms with Crippen molar-refractivity contribution in [2.75, 3.05) is 20.2 Å². The maximum absolute atomic E-state index is 13.6. The van der Waals surface area contributed by atoms with Gasteiger partial charge in [0.2, 0.25) is 0 Å². The third-order valence-corrected chi connectivity index (χ3v) is 5.38. The molecule has 2 aromatic carbocycles. The van der Waals surface area contributed by atoms with E-state index in [0.717, 1.165) is 18.0 Å². The lowest BCUT2D eigenvalue weighted by molar-refractivity contribution is 0.385. The van der Waals surface area contributed by atoms with Crippen molar-refractivity contribution in [3.8, 4) is 5.75 Å². The smallest absolute Gasteiger partial charge is 0.165 e. The summed E-state index contributed by atoms with van der Waals surface area (Å²) in [7, 11) is 1.50. The van der Waals surface area contributed by atoms with E-state index < -0.39 is 0 Å². The van der Waals surface area contributed by atoms with Gasteiger partial charge in [-0.3, -0.25) is 0 Å². The Bertz CT molecular complexity index is 683. The molecule has 2 aromatic rings. The van der Waals surface area contributed by atoms with Gasteiger partial charge in [-0.05, 0) is 68.6 Å². The lowest BCUT2D eigenvalue weighted by atomic mass is 9.89. The van der Waals surface area contributed by atoms with Gasteiger partial charge in [0.15, 0.2) is 11.6 Å². The van der Waals surface area contributed by atoms with Crippen LogP contribution in [0.4, 0.5) is 4.39 Å². The Morgan fingerprint density at radius 3 is 2.65 bits per heavy atom. The number of benzene rings is 2. The van der Waals surface area contributed by atoms with Crippen LogP contribution < -0.4 is 10.1 Å². The molecule has 122 valence electrons. The van der Waals surface area contributed by atoms with Gasteiger partial charge in [-0.1, -0.05) is 29.5 Å². The van der Waals surface area contributed by atoms with E-state index in [9.17, 15) is 4.39 Å². The highest BCUT2D eigenvalue weighted by atomic mass is 32.2. The molecule has 0 atom stereocenters. The molecule has 0 aromatic heterocycles. The molecule has 1 aliphatic heterocycles. The Labute approximate surface area is 141 Å². The minimum Gasteiger partial charge on any atom is -0.494 e. The first-order valence-corrected chi connectivity index (χ1v) is 8.81. The number of halogens is 1. The largest absolute Gasteiger partial charge is 0.494 e. The molecule has 0 amide bonds. The van der Waals surface area contributed by atoms with E-state index in [-0.39, 0.29) is 5.82 Å². The fourth-order valence-electron chi connectivity index (χ4n) is 3.04. The van der Waals surface area contributed by atoms with Crippen LogP contribution in [-0.2, 0) is 0 Å². The fraction of sp³-hybridized carbons (Fsp3) is 0.368. The monoisotopic (exact) mass is 331 g/mol. The summed E-state index contributed by atoms with van der Waals surface area (Å²) in [6, 6.07) is 11.7. The first-order valence-electron chi connectivity index (χ1n) is 8.00. The Kier molecular flexibility index (Phi) is 5.23. The van der Waals surface area contributed by atoms with Crippen LogP contribution in [0.15, 0.2) is 46.2 Å². The van der Waals surface area contributed by atoms with Crippen molar-refractivity contribution in [2.24, 2.45) is 0 Å². The zero-order chi connectivity index (χ0) is 16.2. The molecule has 1 heterocycles. The minimum atomic E-state index is -0.320. The standard InChI is InChI=1S/C19H22FNOS/c1-13-3-6-19(16(11-13)14-7-9-21-10-8-14)23-15-4-5-17(20)18(12-15)22-2/h3-6,11-12,14,21H,7-10H2,1-2H3. The summed E-state index contributed by atoms with van der Waals surface area (Å²) in [5, 5.41) is 3.42. The molecule has 0 bridgehead atoms. The van der Waals surface area contributed by atoms with E-state index in [0.29, 0.717) is 11.7 Å². The molecule has 1 saturated heterocycles.